The fourth-order valence-electron chi connectivity index (χ4n) is 2.14. The van der Waals surface area contributed by atoms with Crippen molar-refractivity contribution < 1.29 is 5.11 Å². The third-order valence-electron chi connectivity index (χ3n) is 3.12. The Bertz CT molecular complexity index is 317. The van der Waals surface area contributed by atoms with Gasteiger partial charge in [-0.15, -0.1) is 0 Å². The van der Waals surface area contributed by atoms with Crippen LogP contribution in [-0.4, -0.2) is 11.2 Å². The molecule has 0 radical (unpaired) electrons. The highest BCUT2D eigenvalue weighted by molar-refractivity contribution is 5.37. The second-order valence-corrected chi connectivity index (χ2v) is 4.17. The van der Waals surface area contributed by atoms with Crippen LogP contribution >= 0.6 is 0 Å². The van der Waals surface area contributed by atoms with Gasteiger partial charge < -0.3 is 5.11 Å². The fourth-order valence-corrected chi connectivity index (χ4v) is 2.14. The van der Waals surface area contributed by atoms with E-state index in [-0.39, 0.29) is 6.10 Å². The first-order chi connectivity index (χ1) is 6.18. The average Bonchev–Trinajstić information content (AvgIpc) is 2.09. The van der Waals surface area contributed by atoms with E-state index in [2.05, 4.69) is 32.0 Å². The number of aliphatic hydroxyl groups excluding tert-OH is 1. The van der Waals surface area contributed by atoms with Gasteiger partial charge in [0.15, 0.2) is 0 Å². The van der Waals surface area contributed by atoms with Crippen LogP contribution in [-0.2, 0) is 12.8 Å². The summed E-state index contributed by atoms with van der Waals surface area (Å²) in [5.74, 6) is 0.411. The van der Waals surface area contributed by atoms with Gasteiger partial charge in [0.25, 0.3) is 0 Å². The van der Waals surface area contributed by atoms with E-state index in [1.54, 1.807) is 0 Å². The summed E-state index contributed by atoms with van der Waals surface area (Å²) < 4.78 is 0. The summed E-state index contributed by atoms with van der Waals surface area (Å²) in [6.07, 6.45) is 1.72. The third kappa shape index (κ3) is 1.49. The number of rotatable bonds is 0. The number of aliphatic hydroxyl groups is 1. The summed E-state index contributed by atoms with van der Waals surface area (Å²) in [4.78, 5) is 0. The van der Waals surface area contributed by atoms with Gasteiger partial charge in [0, 0.05) is 0 Å². The molecule has 0 aliphatic heterocycles. The largest absolute Gasteiger partial charge is 0.392 e. The number of aryl methyl sites for hydroxylation is 1. The molecule has 1 aromatic carbocycles. The third-order valence-corrected chi connectivity index (χ3v) is 3.12. The lowest BCUT2D eigenvalue weighted by Gasteiger charge is -2.28. The molecule has 2 rings (SSSR count). The molecule has 0 unspecified atom stereocenters. The molecular weight excluding hydrogens is 160 g/mol. The Balaban J connectivity index is 2.42. The van der Waals surface area contributed by atoms with Crippen LogP contribution in [0, 0.1) is 12.8 Å². The molecule has 0 saturated heterocycles. The van der Waals surface area contributed by atoms with E-state index in [0.717, 1.165) is 12.8 Å². The molecule has 1 N–H and O–H groups in total. The molecule has 1 heteroatoms. The van der Waals surface area contributed by atoms with Crippen molar-refractivity contribution in [1.82, 2.24) is 0 Å². The first-order valence-electron chi connectivity index (χ1n) is 4.94. The van der Waals surface area contributed by atoms with Crippen LogP contribution < -0.4 is 0 Å². The Kier molecular flexibility index (Phi) is 2.12. The van der Waals surface area contributed by atoms with Gasteiger partial charge in [0.2, 0.25) is 0 Å². The van der Waals surface area contributed by atoms with Crippen molar-refractivity contribution in [3.8, 4) is 0 Å². The van der Waals surface area contributed by atoms with Crippen LogP contribution in [0.1, 0.15) is 23.6 Å². The van der Waals surface area contributed by atoms with Crippen molar-refractivity contribution in [2.75, 3.05) is 0 Å². The summed E-state index contributed by atoms with van der Waals surface area (Å²) in [5, 5.41) is 9.75. The Morgan fingerprint density at radius 2 is 2.08 bits per heavy atom. The monoisotopic (exact) mass is 176 g/mol. The van der Waals surface area contributed by atoms with Crippen molar-refractivity contribution in [2.24, 2.45) is 5.92 Å². The van der Waals surface area contributed by atoms with E-state index in [4.69, 9.17) is 0 Å². The van der Waals surface area contributed by atoms with E-state index < -0.39 is 0 Å². The predicted octanol–water partition coefficient (Wildman–Crippen LogP) is 2.09. The topological polar surface area (TPSA) is 20.2 Å². The van der Waals surface area contributed by atoms with Gasteiger partial charge in [-0.1, -0.05) is 25.1 Å². The van der Waals surface area contributed by atoms with Crippen LogP contribution in [0.3, 0.4) is 0 Å². The Morgan fingerprint density at radius 3 is 2.85 bits per heavy atom. The quantitative estimate of drug-likeness (QED) is 0.641. The molecule has 1 nitrogen and oxygen atoms in total. The van der Waals surface area contributed by atoms with Gasteiger partial charge in [-0.05, 0) is 42.4 Å². The molecule has 0 bridgehead atoms. The molecule has 0 amide bonds. The molecule has 0 spiro atoms. The predicted molar refractivity (Wildman–Crippen MR) is 53.8 cm³/mol. The second kappa shape index (κ2) is 3.15. The van der Waals surface area contributed by atoms with Crippen LogP contribution in [0.15, 0.2) is 18.2 Å². The van der Waals surface area contributed by atoms with E-state index >= 15 is 0 Å². The molecule has 0 aromatic heterocycles. The Labute approximate surface area is 79.4 Å². The second-order valence-electron chi connectivity index (χ2n) is 4.17. The zero-order chi connectivity index (χ0) is 9.42. The molecule has 0 fully saturated rings. The average molecular weight is 176 g/mol. The SMILES string of the molecule is Cc1cccc2c1C[C@H](O)[C@H](C)C2. The highest BCUT2D eigenvalue weighted by Crippen LogP contribution is 2.27. The first kappa shape index (κ1) is 8.76. The standard InChI is InChI=1S/C12H16O/c1-8-4-3-5-10-6-9(2)12(13)7-11(8)10/h3-5,9,12-13H,6-7H2,1-2H3/t9-,12+/m1/s1. The number of fused-ring (bicyclic) bond motifs is 1. The molecule has 1 aromatic rings. The van der Waals surface area contributed by atoms with Crippen molar-refractivity contribution in [3.63, 3.8) is 0 Å². The van der Waals surface area contributed by atoms with Crippen molar-refractivity contribution >= 4 is 0 Å². The fraction of sp³-hybridized carbons (Fsp3) is 0.500. The lowest BCUT2D eigenvalue weighted by atomic mass is 9.81. The van der Waals surface area contributed by atoms with Gasteiger partial charge in [-0.25, -0.2) is 0 Å². The minimum atomic E-state index is -0.145. The molecule has 0 heterocycles. The number of hydrogen-bond donors (Lipinski definition) is 1. The van der Waals surface area contributed by atoms with Crippen LogP contribution in [0.5, 0.6) is 0 Å². The highest BCUT2D eigenvalue weighted by Gasteiger charge is 2.23. The van der Waals surface area contributed by atoms with Gasteiger partial charge in [0.1, 0.15) is 0 Å². The maximum absolute atomic E-state index is 9.75. The van der Waals surface area contributed by atoms with Gasteiger partial charge in [-0.2, -0.15) is 0 Å². The van der Waals surface area contributed by atoms with E-state index in [1.807, 2.05) is 0 Å². The molecule has 13 heavy (non-hydrogen) atoms. The van der Waals surface area contributed by atoms with Crippen molar-refractivity contribution in [1.29, 1.82) is 0 Å². The highest BCUT2D eigenvalue weighted by atomic mass is 16.3. The smallest absolute Gasteiger partial charge is 0.0609 e. The van der Waals surface area contributed by atoms with Crippen molar-refractivity contribution in [2.45, 2.75) is 32.8 Å². The number of benzene rings is 1. The zero-order valence-corrected chi connectivity index (χ0v) is 8.25. The van der Waals surface area contributed by atoms with E-state index in [1.165, 1.54) is 16.7 Å². The minimum absolute atomic E-state index is 0.145. The Morgan fingerprint density at radius 1 is 1.31 bits per heavy atom. The summed E-state index contributed by atoms with van der Waals surface area (Å²) in [6.45, 7) is 4.25. The van der Waals surface area contributed by atoms with Crippen LogP contribution in [0.4, 0.5) is 0 Å². The maximum Gasteiger partial charge on any atom is 0.0609 e. The lowest BCUT2D eigenvalue weighted by molar-refractivity contribution is 0.109. The minimum Gasteiger partial charge on any atom is -0.392 e. The normalized spacial score (nSPS) is 27.0. The molecule has 0 saturated carbocycles. The maximum atomic E-state index is 9.75. The molecule has 2 atom stereocenters. The van der Waals surface area contributed by atoms with Gasteiger partial charge in [0.05, 0.1) is 6.10 Å². The molecule has 1 aliphatic carbocycles. The van der Waals surface area contributed by atoms with Gasteiger partial charge >= 0.3 is 0 Å². The van der Waals surface area contributed by atoms with Crippen molar-refractivity contribution in [3.05, 3.63) is 34.9 Å². The van der Waals surface area contributed by atoms with Crippen LogP contribution in [0.25, 0.3) is 0 Å². The Hall–Kier alpha value is -0.820. The zero-order valence-electron chi connectivity index (χ0n) is 8.25. The summed E-state index contributed by atoms with van der Waals surface area (Å²) in [7, 11) is 0. The number of hydrogen-bond acceptors (Lipinski definition) is 1. The molecule has 70 valence electrons. The summed E-state index contributed by atoms with van der Waals surface area (Å²) >= 11 is 0. The lowest BCUT2D eigenvalue weighted by Crippen LogP contribution is -2.28. The summed E-state index contributed by atoms with van der Waals surface area (Å²) in [5.41, 5.74) is 4.12. The van der Waals surface area contributed by atoms with Crippen LogP contribution in [0.2, 0.25) is 0 Å². The van der Waals surface area contributed by atoms with E-state index in [9.17, 15) is 5.11 Å². The molecule has 1 aliphatic rings. The molecular formula is C12H16O. The van der Waals surface area contributed by atoms with Gasteiger partial charge in [-0.3, -0.25) is 0 Å². The van der Waals surface area contributed by atoms with E-state index in [0.29, 0.717) is 5.92 Å². The first-order valence-corrected chi connectivity index (χ1v) is 4.94. The summed E-state index contributed by atoms with van der Waals surface area (Å²) in [6, 6.07) is 6.42.